The summed E-state index contributed by atoms with van der Waals surface area (Å²) in [5.74, 6) is 0.761. The SMILES string of the molecule is C=C(Br)COc1cc([N+](=O)[O-])ccc1OC. The number of nitrogens with zero attached hydrogens (tertiary/aromatic N) is 1. The molecule has 0 fully saturated rings. The molecule has 1 aromatic carbocycles. The smallest absolute Gasteiger partial charge is 0.273 e. The maximum atomic E-state index is 10.6. The zero-order chi connectivity index (χ0) is 12.1. The second-order valence-electron chi connectivity index (χ2n) is 2.90. The summed E-state index contributed by atoms with van der Waals surface area (Å²) in [5, 5.41) is 10.6. The van der Waals surface area contributed by atoms with Crippen LogP contribution in [0.4, 0.5) is 5.69 Å². The maximum Gasteiger partial charge on any atom is 0.273 e. The molecule has 1 aromatic rings. The molecule has 0 radical (unpaired) electrons. The Morgan fingerprint density at radius 1 is 1.56 bits per heavy atom. The van der Waals surface area contributed by atoms with Crippen LogP contribution in [0.2, 0.25) is 0 Å². The van der Waals surface area contributed by atoms with Gasteiger partial charge in [-0.15, -0.1) is 0 Å². The topological polar surface area (TPSA) is 61.6 Å². The van der Waals surface area contributed by atoms with Crippen molar-refractivity contribution in [2.45, 2.75) is 0 Å². The number of nitro benzene ring substituents is 1. The van der Waals surface area contributed by atoms with E-state index in [2.05, 4.69) is 22.5 Å². The highest BCUT2D eigenvalue weighted by Crippen LogP contribution is 2.31. The molecule has 6 heteroatoms. The summed E-state index contributed by atoms with van der Waals surface area (Å²) in [5.41, 5.74) is -0.0454. The molecule has 86 valence electrons. The van der Waals surface area contributed by atoms with Gasteiger partial charge >= 0.3 is 0 Å². The summed E-state index contributed by atoms with van der Waals surface area (Å²) in [4.78, 5) is 10.1. The number of halogens is 1. The van der Waals surface area contributed by atoms with Crippen LogP contribution in [-0.4, -0.2) is 18.6 Å². The lowest BCUT2D eigenvalue weighted by molar-refractivity contribution is -0.385. The molecule has 0 N–H and O–H groups in total. The van der Waals surface area contributed by atoms with Gasteiger partial charge in [-0.3, -0.25) is 10.1 Å². The van der Waals surface area contributed by atoms with E-state index in [1.54, 1.807) is 0 Å². The van der Waals surface area contributed by atoms with E-state index in [1.165, 1.54) is 25.3 Å². The highest BCUT2D eigenvalue weighted by atomic mass is 79.9. The van der Waals surface area contributed by atoms with Crippen LogP contribution in [-0.2, 0) is 0 Å². The number of nitro groups is 1. The van der Waals surface area contributed by atoms with Gasteiger partial charge in [0.25, 0.3) is 5.69 Å². The van der Waals surface area contributed by atoms with E-state index in [0.29, 0.717) is 16.0 Å². The van der Waals surface area contributed by atoms with Crippen molar-refractivity contribution in [3.8, 4) is 11.5 Å². The molecule has 0 heterocycles. The minimum Gasteiger partial charge on any atom is -0.493 e. The van der Waals surface area contributed by atoms with Crippen LogP contribution >= 0.6 is 15.9 Å². The zero-order valence-electron chi connectivity index (χ0n) is 8.60. The molecule has 0 aliphatic carbocycles. The summed E-state index contributed by atoms with van der Waals surface area (Å²) in [6.45, 7) is 3.82. The molecule has 0 spiro atoms. The number of hydrogen-bond donors (Lipinski definition) is 0. The van der Waals surface area contributed by atoms with Gasteiger partial charge in [-0.2, -0.15) is 0 Å². The average Bonchev–Trinajstić information content (AvgIpc) is 2.25. The van der Waals surface area contributed by atoms with E-state index >= 15 is 0 Å². The van der Waals surface area contributed by atoms with Crippen LogP contribution in [0, 0.1) is 10.1 Å². The molecular weight excluding hydrogens is 278 g/mol. The Morgan fingerprint density at radius 2 is 2.25 bits per heavy atom. The molecule has 0 saturated heterocycles. The molecule has 0 aliphatic rings. The number of methoxy groups -OCH3 is 1. The number of rotatable bonds is 5. The third kappa shape index (κ3) is 3.23. The monoisotopic (exact) mass is 287 g/mol. The molecule has 0 aliphatic heterocycles. The molecule has 0 saturated carbocycles. The molecule has 0 atom stereocenters. The van der Waals surface area contributed by atoms with Gasteiger partial charge in [0, 0.05) is 10.5 Å². The van der Waals surface area contributed by atoms with Crippen molar-refractivity contribution < 1.29 is 14.4 Å². The van der Waals surface area contributed by atoms with Crippen LogP contribution in [0.3, 0.4) is 0 Å². The lowest BCUT2D eigenvalue weighted by Gasteiger charge is -2.09. The second kappa shape index (κ2) is 5.50. The highest BCUT2D eigenvalue weighted by molar-refractivity contribution is 9.11. The van der Waals surface area contributed by atoms with Crippen LogP contribution in [0.5, 0.6) is 11.5 Å². The van der Waals surface area contributed by atoms with Crippen LogP contribution < -0.4 is 9.47 Å². The van der Waals surface area contributed by atoms with Crippen molar-refractivity contribution in [1.82, 2.24) is 0 Å². The number of non-ortho nitro benzene ring substituents is 1. The summed E-state index contributed by atoms with van der Waals surface area (Å²) in [6.07, 6.45) is 0. The van der Waals surface area contributed by atoms with Crippen molar-refractivity contribution >= 4 is 21.6 Å². The van der Waals surface area contributed by atoms with Crippen molar-refractivity contribution in [3.05, 3.63) is 39.4 Å². The molecule has 0 amide bonds. The molecule has 5 nitrogen and oxygen atoms in total. The first kappa shape index (κ1) is 12.5. The number of benzene rings is 1. The van der Waals surface area contributed by atoms with E-state index in [1.807, 2.05) is 0 Å². The summed E-state index contributed by atoms with van der Waals surface area (Å²) >= 11 is 3.13. The highest BCUT2D eigenvalue weighted by Gasteiger charge is 2.12. The Kier molecular flexibility index (Phi) is 4.30. The van der Waals surface area contributed by atoms with Gasteiger partial charge in [0.1, 0.15) is 6.61 Å². The van der Waals surface area contributed by atoms with Gasteiger partial charge in [0.05, 0.1) is 18.1 Å². The van der Waals surface area contributed by atoms with Crippen LogP contribution in [0.1, 0.15) is 0 Å². The van der Waals surface area contributed by atoms with Gasteiger partial charge in [-0.25, -0.2) is 0 Å². The molecule has 16 heavy (non-hydrogen) atoms. The molecular formula is C10H10BrNO4. The van der Waals surface area contributed by atoms with Crippen molar-refractivity contribution in [2.24, 2.45) is 0 Å². The molecule has 0 unspecified atom stereocenters. The first-order chi connectivity index (χ1) is 7.54. The summed E-state index contributed by atoms with van der Waals surface area (Å²) in [7, 11) is 1.47. The Morgan fingerprint density at radius 3 is 2.75 bits per heavy atom. The minimum absolute atomic E-state index is 0.0454. The Labute approximate surface area is 101 Å². The Balaban J connectivity index is 2.97. The summed E-state index contributed by atoms with van der Waals surface area (Å²) in [6, 6.07) is 4.16. The first-order valence-electron chi connectivity index (χ1n) is 4.33. The van der Waals surface area contributed by atoms with Gasteiger partial charge in [-0.1, -0.05) is 22.5 Å². The lowest BCUT2D eigenvalue weighted by Crippen LogP contribution is -1.99. The zero-order valence-corrected chi connectivity index (χ0v) is 10.2. The second-order valence-corrected chi connectivity index (χ2v) is 4.02. The summed E-state index contributed by atoms with van der Waals surface area (Å²) < 4.78 is 11.0. The minimum atomic E-state index is -0.491. The fourth-order valence-electron chi connectivity index (χ4n) is 1.05. The normalized spacial score (nSPS) is 9.62. The predicted octanol–water partition coefficient (Wildman–Crippen LogP) is 2.89. The fourth-order valence-corrected chi connectivity index (χ4v) is 1.16. The number of hydrogen-bond acceptors (Lipinski definition) is 4. The van der Waals surface area contributed by atoms with Gasteiger partial charge in [0.2, 0.25) is 0 Å². The third-order valence-electron chi connectivity index (χ3n) is 1.74. The lowest BCUT2D eigenvalue weighted by atomic mass is 10.3. The van der Waals surface area contributed by atoms with Crippen molar-refractivity contribution in [3.63, 3.8) is 0 Å². The van der Waals surface area contributed by atoms with Gasteiger partial charge in [-0.05, 0) is 6.07 Å². The van der Waals surface area contributed by atoms with Crippen LogP contribution in [0.15, 0.2) is 29.3 Å². The van der Waals surface area contributed by atoms with Gasteiger partial charge < -0.3 is 9.47 Å². The molecule has 1 rings (SSSR count). The van der Waals surface area contributed by atoms with Gasteiger partial charge in [0.15, 0.2) is 11.5 Å². The number of ether oxygens (including phenoxy) is 2. The van der Waals surface area contributed by atoms with Crippen LogP contribution in [0.25, 0.3) is 0 Å². The Bertz CT molecular complexity index is 419. The van der Waals surface area contributed by atoms with E-state index in [9.17, 15) is 10.1 Å². The standard InChI is InChI=1S/C10H10BrNO4/c1-7(11)6-16-10-5-8(12(13)14)3-4-9(10)15-2/h3-5H,1,6H2,2H3. The third-order valence-corrected chi connectivity index (χ3v) is 1.97. The Hall–Kier alpha value is -1.56. The maximum absolute atomic E-state index is 10.6. The fraction of sp³-hybridized carbons (Fsp3) is 0.200. The van der Waals surface area contributed by atoms with E-state index in [0.717, 1.165) is 0 Å². The quantitative estimate of drug-likeness (QED) is 0.617. The van der Waals surface area contributed by atoms with E-state index in [4.69, 9.17) is 9.47 Å². The average molecular weight is 288 g/mol. The molecule has 0 bridgehead atoms. The largest absolute Gasteiger partial charge is 0.493 e. The first-order valence-corrected chi connectivity index (χ1v) is 5.12. The van der Waals surface area contributed by atoms with E-state index < -0.39 is 4.92 Å². The van der Waals surface area contributed by atoms with Crippen molar-refractivity contribution in [2.75, 3.05) is 13.7 Å². The van der Waals surface area contributed by atoms with E-state index in [-0.39, 0.29) is 12.3 Å². The van der Waals surface area contributed by atoms with Crippen molar-refractivity contribution in [1.29, 1.82) is 0 Å². The molecule has 0 aromatic heterocycles. The predicted molar refractivity (Wildman–Crippen MR) is 63.2 cm³/mol.